The van der Waals surface area contributed by atoms with Crippen LogP contribution in [0.25, 0.3) is 0 Å². The van der Waals surface area contributed by atoms with Gasteiger partial charge in [0, 0.05) is 17.5 Å². The van der Waals surface area contributed by atoms with E-state index in [0.29, 0.717) is 23.1 Å². The van der Waals surface area contributed by atoms with E-state index in [4.69, 9.17) is 4.74 Å². The summed E-state index contributed by atoms with van der Waals surface area (Å²) in [7, 11) is 0. The minimum absolute atomic E-state index is 0.131. The molecule has 0 amide bonds. The molecular weight excluding hydrogens is 312 g/mol. The Hall–Kier alpha value is -2.08. The lowest BCUT2D eigenvalue weighted by Gasteiger charge is -2.05. The molecule has 0 aliphatic rings. The largest absolute Gasteiger partial charge is 0.462 e. The van der Waals surface area contributed by atoms with E-state index in [9.17, 15) is 9.59 Å². The number of carbonyl (C=O) groups excluding carboxylic acids is 1. The lowest BCUT2D eigenvalue weighted by molar-refractivity contribution is 0.0505. The van der Waals surface area contributed by atoms with Crippen LogP contribution in [0.3, 0.4) is 0 Å². The Bertz CT molecular complexity index is 711. The number of thioether (sulfide) groups is 1. The molecule has 0 aliphatic carbocycles. The third-order valence-corrected chi connectivity index (χ3v) is 4.08. The first kappa shape index (κ1) is 17.3. The van der Waals surface area contributed by atoms with E-state index in [0.717, 1.165) is 24.1 Å². The average molecular weight is 332 g/mol. The predicted molar refractivity (Wildman–Crippen MR) is 90.8 cm³/mol. The number of benzene rings is 1. The zero-order chi connectivity index (χ0) is 16.7. The number of aromatic amines is 1. The van der Waals surface area contributed by atoms with Crippen molar-refractivity contribution in [2.45, 2.75) is 37.6 Å². The van der Waals surface area contributed by atoms with Crippen LogP contribution in [0.5, 0.6) is 0 Å². The smallest absolute Gasteiger partial charge is 0.338 e. The molecular formula is C17H20N2O3S. The molecule has 0 aliphatic heterocycles. The molecule has 122 valence electrons. The number of hydrogen-bond acceptors (Lipinski definition) is 5. The maximum absolute atomic E-state index is 11.7. The van der Waals surface area contributed by atoms with Crippen molar-refractivity contribution in [3.63, 3.8) is 0 Å². The van der Waals surface area contributed by atoms with Gasteiger partial charge in [0.2, 0.25) is 0 Å². The van der Waals surface area contributed by atoms with Crippen LogP contribution in [-0.4, -0.2) is 22.5 Å². The minimum Gasteiger partial charge on any atom is -0.462 e. The number of ether oxygens (including phenoxy) is 1. The van der Waals surface area contributed by atoms with Crippen molar-refractivity contribution >= 4 is 17.7 Å². The summed E-state index contributed by atoms with van der Waals surface area (Å²) >= 11 is 1.46. The van der Waals surface area contributed by atoms with Gasteiger partial charge in [-0.25, -0.2) is 9.78 Å². The standard InChI is InChI=1S/C17H20N2O3S/c1-3-9-22-16(21)13-7-5-12(6-8-13)11-23-17-18-14(4-2)10-15(20)19-17/h5-8,10H,3-4,9,11H2,1-2H3,(H,18,19,20). The maximum Gasteiger partial charge on any atom is 0.338 e. The summed E-state index contributed by atoms with van der Waals surface area (Å²) in [4.78, 5) is 30.4. The van der Waals surface area contributed by atoms with E-state index in [-0.39, 0.29) is 11.5 Å². The van der Waals surface area contributed by atoms with Crippen molar-refractivity contribution in [1.82, 2.24) is 9.97 Å². The highest BCUT2D eigenvalue weighted by Gasteiger charge is 2.07. The SMILES string of the molecule is CCCOC(=O)c1ccc(CSc2nc(CC)cc(=O)[nH]2)cc1. The van der Waals surface area contributed by atoms with Crippen LogP contribution in [0.1, 0.15) is 41.9 Å². The molecule has 0 spiro atoms. The Labute approximate surface area is 139 Å². The van der Waals surface area contributed by atoms with Gasteiger partial charge in [0.25, 0.3) is 5.56 Å². The molecule has 0 unspecified atom stereocenters. The monoisotopic (exact) mass is 332 g/mol. The van der Waals surface area contributed by atoms with Crippen molar-refractivity contribution in [2.24, 2.45) is 0 Å². The van der Waals surface area contributed by atoms with Crippen molar-refractivity contribution < 1.29 is 9.53 Å². The number of aryl methyl sites for hydroxylation is 1. The molecule has 5 nitrogen and oxygen atoms in total. The van der Waals surface area contributed by atoms with Gasteiger partial charge in [-0.05, 0) is 30.5 Å². The topological polar surface area (TPSA) is 72.0 Å². The Morgan fingerprint density at radius 2 is 2.00 bits per heavy atom. The fourth-order valence-electron chi connectivity index (χ4n) is 1.90. The van der Waals surface area contributed by atoms with Gasteiger partial charge < -0.3 is 9.72 Å². The van der Waals surface area contributed by atoms with Crippen molar-refractivity contribution in [3.8, 4) is 0 Å². The minimum atomic E-state index is -0.298. The van der Waals surface area contributed by atoms with E-state index in [1.165, 1.54) is 17.8 Å². The Balaban J connectivity index is 1.97. The van der Waals surface area contributed by atoms with E-state index in [1.807, 2.05) is 26.0 Å². The van der Waals surface area contributed by atoms with E-state index in [2.05, 4.69) is 9.97 Å². The predicted octanol–water partition coefficient (Wildman–Crippen LogP) is 3.19. The number of rotatable bonds is 7. The lowest BCUT2D eigenvalue weighted by atomic mass is 10.1. The molecule has 0 radical (unpaired) electrons. The zero-order valence-electron chi connectivity index (χ0n) is 13.3. The maximum atomic E-state index is 11.7. The summed E-state index contributed by atoms with van der Waals surface area (Å²) < 4.78 is 5.09. The molecule has 0 bridgehead atoms. The van der Waals surface area contributed by atoms with Crippen LogP contribution < -0.4 is 5.56 Å². The molecule has 2 rings (SSSR count). The molecule has 23 heavy (non-hydrogen) atoms. The van der Waals surface area contributed by atoms with Gasteiger partial charge in [0.05, 0.1) is 12.2 Å². The summed E-state index contributed by atoms with van der Waals surface area (Å²) in [5.41, 5.74) is 2.25. The molecule has 2 aromatic rings. The fraction of sp³-hybridized carbons (Fsp3) is 0.353. The molecule has 1 heterocycles. The number of nitrogens with zero attached hydrogens (tertiary/aromatic N) is 1. The van der Waals surface area contributed by atoms with Crippen LogP contribution in [0, 0.1) is 0 Å². The van der Waals surface area contributed by atoms with Gasteiger partial charge in [0.15, 0.2) is 5.16 Å². The number of nitrogens with one attached hydrogen (secondary N) is 1. The number of aromatic nitrogens is 2. The highest BCUT2D eigenvalue weighted by atomic mass is 32.2. The Kier molecular flexibility index (Phi) is 6.40. The normalized spacial score (nSPS) is 10.5. The lowest BCUT2D eigenvalue weighted by Crippen LogP contribution is -2.09. The fourth-order valence-corrected chi connectivity index (χ4v) is 2.75. The second kappa shape index (κ2) is 8.53. The van der Waals surface area contributed by atoms with Gasteiger partial charge in [0.1, 0.15) is 0 Å². The molecule has 1 aromatic carbocycles. The summed E-state index contributed by atoms with van der Waals surface area (Å²) in [6, 6.07) is 8.80. The molecule has 0 fully saturated rings. The Morgan fingerprint density at radius 1 is 1.26 bits per heavy atom. The van der Waals surface area contributed by atoms with E-state index in [1.54, 1.807) is 12.1 Å². The summed E-state index contributed by atoms with van der Waals surface area (Å²) in [5.74, 6) is 0.369. The van der Waals surface area contributed by atoms with Crippen LogP contribution in [-0.2, 0) is 16.9 Å². The van der Waals surface area contributed by atoms with Gasteiger partial charge in [-0.15, -0.1) is 0 Å². The first-order valence-corrected chi connectivity index (χ1v) is 8.60. The van der Waals surface area contributed by atoms with Crippen molar-refractivity contribution in [3.05, 3.63) is 57.5 Å². The third-order valence-electron chi connectivity index (χ3n) is 3.14. The highest BCUT2D eigenvalue weighted by Crippen LogP contribution is 2.19. The molecule has 0 atom stereocenters. The van der Waals surface area contributed by atoms with Crippen LogP contribution in [0.4, 0.5) is 0 Å². The zero-order valence-corrected chi connectivity index (χ0v) is 14.1. The second-order valence-corrected chi connectivity index (χ2v) is 5.98. The van der Waals surface area contributed by atoms with Crippen LogP contribution >= 0.6 is 11.8 Å². The van der Waals surface area contributed by atoms with E-state index >= 15 is 0 Å². The first-order valence-electron chi connectivity index (χ1n) is 7.61. The van der Waals surface area contributed by atoms with Crippen LogP contribution in [0.15, 0.2) is 40.3 Å². The van der Waals surface area contributed by atoms with Crippen molar-refractivity contribution in [1.29, 1.82) is 0 Å². The highest BCUT2D eigenvalue weighted by molar-refractivity contribution is 7.98. The third kappa shape index (κ3) is 5.25. The quantitative estimate of drug-likeness (QED) is 0.479. The first-order chi connectivity index (χ1) is 11.1. The average Bonchev–Trinajstić information content (AvgIpc) is 2.57. The van der Waals surface area contributed by atoms with Crippen LogP contribution in [0.2, 0.25) is 0 Å². The van der Waals surface area contributed by atoms with Gasteiger partial charge in [-0.2, -0.15) is 0 Å². The van der Waals surface area contributed by atoms with Gasteiger partial charge >= 0.3 is 5.97 Å². The number of carbonyl (C=O) groups is 1. The number of esters is 1. The van der Waals surface area contributed by atoms with E-state index < -0.39 is 0 Å². The molecule has 0 saturated heterocycles. The summed E-state index contributed by atoms with van der Waals surface area (Å²) in [5, 5.41) is 0.612. The number of H-pyrrole nitrogens is 1. The van der Waals surface area contributed by atoms with Crippen molar-refractivity contribution in [2.75, 3.05) is 6.61 Å². The number of hydrogen-bond donors (Lipinski definition) is 1. The Morgan fingerprint density at radius 3 is 2.65 bits per heavy atom. The second-order valence-electron chi connectivity index (χ2n) is 5.02. The molecule has 0 saturated carbocycles. The summed E-state index contributed by atoms with van der Waals surface area (Å²) in [6.07, 6.45) is 1.54. The van der Waals surface area contributed by atoms with Gasteiger partial charge in [-0.3, -0.25) is 4.79 Å². The van der Waals surface area contributed by atoms with Gasteiger partial charge in [-0.1, -0.05) is 37.7 Å². The molecule has 6 heteroatoms. The molecule has 1 N–H and O–H groups in total. The summed E-state index contributed by atoms with van der Waals surface area (Å²) in [6.45, 7) is 4.36. The molecule has 1 aromatic heterocycles.